The van der Waals surface area contributed by atoms with Crippen molar-refractivity contribution < 1.29 is 4.79 Å². The normalized spacial score (nSPS) is 34.9. The molecule has 0 spiro atoms. The van der Waals surface area contributed by atoms with Crippen LogP contribution in [0, 0.1) is 0 Å². The van der Waals surface area contributed by atoms with Crippen LogP contribution in [0.2, 0.25) is 0 Å². The molecule has 3 atom stereocenters. The van der Waals surface area contributed by atoms with Gasteiger partial charge in [-0.05, 0) is 25.8 Å². The van der Waals surface area contributed by atoms with E-state index in [9.17, 15) is 4.79 Å². The fraction of sp³-hybridized carbons (Fsp3) is 0.900. The Bertz CT molecular complexity index is 221. The van der Waals surface area contributed by atoms with Gasteiger partial charge in [0.05, 0.1) is 6.04 Å². The SMILES string of the molecule is Cl.N[C@@H]1CCCC[C@H]1NC(=O)[C@H]1CCN1. The molecule has 0 aromatic heterocycles. The average Bonchev–Trinajstić information content (AvgIpc) is 2.05. The van der Waals surface area contributed by atoms with E-state index in [-0.39, 0.29) is 36.4 Å². The van der Waals surface area contributed by atoms with Gasteiger partial charge in [-0.1, -0.05) is 12.8 Å². The molecule has 1 saturated heterocycles. The van der Waals surface area contributed by atoms with E-state index in [1.165, 1.54) is 12.8 Å². The van der Waals surface area contributed by atoms with Crippen molar-refractivity contribution in [2.24, 2.45) is 5.73 Å². The van der Waals surface area contributed by atoms with Crippen LogP contribution >= 0.6 is 12.4 Å². The lowest BCUT2D eigenvalue weighted by molar-refractivity contribution is -0.125. The Morgan fingerprint density at radius 3 is 2.47 bits per heavy atom. The van der Waals surface area contributed by atoms with Crippen LogP contribution in [0.25, 0.3) is 0 Å². The molecule has 0 radical (unpaired) electrons. The minimum Gasteiger partial charge on any atom is -0.350 e. The molecule has 1 aliphatic carbocycles. The lowest BCUT2D eigenvalue weighted by Gasteiger charge is -2.33. The van der Waals surface area contributed by atoms with Gasteiger partial charge in [0.2, 0.25) is 5.91 Å². The third kappa shape index (κ3) is 3.06. The van der Waals surface area contributed by atoms with Crippen molar-refractivity contribution >= 4 is 18.3 Å². The van der Waals surface area contributed by atoms with E-state index in [0.29, 0.717) is 0 Å². The summed E-state index contributed by atoms with van der Waals surface area (Å²) >= 11 is 0. The Morgan fingerprint density at radius 1 is 1.27 bits per heavy atom. The second kappa shape index (κ2) is 5.68. The first-order valence-electron chi connectivity index (χ1n) is 5.57. The van der Waals surface area contributed by atoms with E-state index in [1.807, 2.05) is 0 Å². The number of carbonyl (C=O) groups is 1. The molecular formula is C10H20ClN3O. The lowest BCUT2D eigenvalue weighted by atomic mass is 9.90. The molecule has 1 amide bonds. The van der Waals surface area contributed by atoms with Gasteiger partial charge in [0.15, 0.2) is 0 Å². The van der Waals surface area contributed by atoms with Gasteiger partial charge >= 0.3 is 0 Å². The summed E-state index contributed by atoms with van der Waals surface area (Å²) < 4.78 is 0. The molecule has 88 valence electrons. The van der Waals surface area contributed by atoms with Crippen LogP contribution in [0.15, 0.2) is 0 Å². The fourth-order valence-electron chi connectivity index (χ4n) is 2.13. The van der Waals surface area contributed by atoms with Gasteiger partial charge in [0.25, 0.3) is 0 Å². The Labute approximate surface area is 96.8 Å². The van der Waals surface area contributed by atoms with Crippen molar-refractivity contribution in [2.75, 3.05) is 6.54 Å². The summed E-state index contributed by atoms with van der Waals surface area (Å²) in [6, 6.07) is 0.413. The summed E-state index contributed by atoms with van der Waals surface area (Å²) in [6.07, 6.45) is 5.45. The summed E-state index contributed by atoms with van der Waals surface area (Å²) in [4.78, 5) is 11.6. The summed E-state index contributed by atoms with van der Waals surface area (Å²) in [5, 5.41) is 6.14. The Hall–Kier alpha value is -0.320. The standard InChI is InChI=1S/C10H19N3O.ClH/c11-7-3-1-2-4-8(7)13-10(14)9-5-6-12-9;/h7-9,12H,1-6,11H2,(H,13,14);1H/t7-,8-,9-;/m1./s1. The highest BCUT2D eigenvalue weighted by molar-refractivity contribution is 5.85. The van der Waals surface area contributed by atoms with Gasteiger partial charge in [-0.2, -0.15) is 0 Å². The van der Waals surface area contributed by atoms with Gasteiger partial charge in [0, 0.05) is 12.1 Å². The van der Waals surface area contributed by atoms with Crippen molar-refractivity contribution in [1.82, 2.24) is 10.6 Å². The zero-order chi connectivity index (χ0) is 9.97. The molecule has 0 bridgehead atoms. The Morgan fingerprint density at radius 2 is 1.93 bits per heavy atom. The van der Waals surface area contributed by atoms with Crippen LogP contribution < -0.4 is 16.4 Å². The first-order valence-corrected chi connectivity index (χ1v) is 5.57. The average molecular weight is 234 g/mol. The van der Waals surface area contributed by atoms with E-state index in [1.54, 1.807) is 0 Å². The van der Waals surface area contributed by atoms with Gasteiger partial charge in [-0.25, -0.2) is 0 Å². The highest BCUT2D eigenvalue weighted by Crippen LogP contribution is 2.17. The van der Waals surface area contributed by atoms with Gasteiger partial charge in [0.1, 0.15) is 0 Å². The summed E-state index contributed by atoms with van der Waals surface area (Å²) in [6.45, 7) is 0.967. The van der Waals surface area contributed by atoms with E-state index < -0.39 is 0 Å². The van der Waals surface area contributed by atoms with Crippen molar-refractivity contribution in [2.45, 2.75) is 50.2 Å². The number of nitrogens with one attached hydrogen (secondary N) is 2. The molecule has 2 rings (SSSR count). The van der Waals surface area contributed by atoms with Crippen LogP contribution in [0.5, 0.6) is 0 Å². The van der Waals surface area contributed by atoms with Gasteiger partial charge in [-0.3, -0.25) is 4.79 Å². The second-order valence-corrected chi connectivity index (χ2v) is 4.36. The van der Waals surface area contributed by atoms with Crippen molar-refractivity contribution in [3.8, 4) is 0 Å². The Kier molecular flexibility index (Phi) is 4.83. The maximum atomic E-state index is 11.6. The zero-order valence-electron chi connectivity index (χ0n) is 8.87. The van der Waals surface area contributed by atoms with E-state index >= 15 is 0 Å². The van der Waals surface area contributed by atoms with Crippen LogP contribution in [-0.4, -0.2) is 30.6 Å². The molecule has 2 aliphatic rings. The minimum absolute atomic E-state index is 0. The highest BCUT2D eigenvalue weighted by atomic mass is 35.5. The summed E-state index contributed by atoms with van der Waals surface area (Å²) in [5.74, 6) is 0.138. The molecule has 4 nitrogen and oxygen atoms in total. The molecule has 0 aromatic rings. The molecule has 1 aliphatic heterocycles. The molecule has 0 unspecified atom stereocenters. The van der Waals surface area contributed by atoms with Crippen LogP contribution in [0.1, 0.15) is 32.1 Å². The van der Waals surface area contributed by atoms with E-state index in [4.69, 9.17) is 5.73 Å². The third-order valence-corrected chi connectivity index (χ3v) is 3.29. The van der Waals surface area contributed by atoms with E-state index in [2.05, 4.69) is 10.6 Å². The number of amides is 1. The summed E-state index contributed by atoms with van der Waals surface area (Å²) in [5.41, 5.74) is 5.95. The number of halogens is 1. The van der Waals surface area contributed by atoms with Crippen molar-refractivity contribution in [3.63, 3.8) is 0 Å². The number of hydrogen-bond acceptors (Lipinski definition) is 3. The predicted octanol–water partition coefficient (Wildman–Crippen LogP) is 0.156. The molecule has 2 fully saturated rings. The first-order chi connectivity index (χ1) is 6.77. The number of nitrogens with two attached hydrogens (primary N) is 1. The molecule has 1 heterocycles. The molecule has 15 heavy (non-hydrogen) atoms. The monoisotopic (exact) mass is 233 g/mol. The predicted molar refractivity (Wildman–Crippen MR) is 62.0 cm³/mol. The number of hydrogen-bond donors (Lipinski definition) is 3. The zero-order valence-corrected chi connectivity index (χ0v) is 9.69. The van der Waals surface area contributed by atoms with Crippen LogP contribution in [-0.2, 0) is 4.79 Å². The lowest BCUT2D eigenvalue weighted by Crippen LogP contribution is -2.58. The quantitative estimate of drug-likeness (QED) is 0.637. The molecule has 0 aromatic carbocycles. The van der Waals surface area contributed by atoms with Crippen molar-refractivity contribution in [1.29, 1.82) is 0 Å². The topological polar surface area (TPSA) is 67.1 Å². The molecule has 4 N–H and O–H groups in total. The second-order valence-electron chi connectivity index (χ2n) is 4.36. The van der Waals surface area contributed by atoms with Crippen LogP contribution in [0.3, 0.4) is 0 Å². The molecule has 1 saturated carbocycles. The van der Waals surface area contributed by atoms with Gasteiger partial charge < -0.3 is 16.4 Å². The minimum atomic E-state index is 0. The van der Waals surface area contributed by atoms with Crippen LogP contribution in [0.4, 0.5) is 0 Å². The summed E-state index contributed by atoms with van der Waals surface area (Å²) in [7, 11) is 0. The fourth-order valence-corrected chi connectivity index (χ4v) is 2.13. The maximum absolute atomic E-state index is 11.6. The smallest absolute Gasteiger partial charge is 0.237 e. The van der Waals surface area contributed by atoms with E-state index in [0.717, 1.165) is 25.8 Å². The maximum Gasteiger partial charge on any atom is 0.237 e. The molecular weight excluding hydrogens is 214 g/mol. The van der Waals surface area contributed by atoms with Gasteiger partial charge in [-0.15, -0.1) is 12.4 Å². The highest BCUT2D eigenvalue weighted by Gasteiger charge is 2.29. The van der Waals surface area contributed by atoms with Crippen molar-refractivity contribution in [3.05, 3.63) is 0 Å². The third-order valence-electron chi connectivity index (χ3n) is 3.29. The largest absolute Gasteiger partial charge is 0.350 e. The Balaban J connectivity index is 0.00000112. The first kappa shape index (κ1) is 12.7. The number of rotatable bonds is 2. The number of carbonyl (C=O) groups excluding carboxylic acids is 1. The molecule has 5 heteroatoms.